The predicted octanol–water partition coefficient (Wildman–Crippen LogP) is 3.90. The quantitative estimate of drug-likeness (QED) is 0.368. The standard InChI is InChI=1S/C19H29N5OS.HI/c1-15-22-16(14-26-15)13-23(3)19(20-2)21-12-17(18-8-7-11-25-18)24-9-5-4-6-10-24;/h7-8,11,14,17H,4-6,9-10,12-13H2,1-3H3,(H,20,21);1H. The van der Waals surface area contributed by atoms with Crippen LogP contribution in [0, 0.1) is 6.92 Å². The Bertz CT molecular complexity index is 697. The number of aryl methyl sites for hydroxylation is 1. The van der Waals surface area contributed by atoms with E-state index in [1.54, 1.807) is 17.6 Å². The molecule has 0 saturated carbocycles. The smallest absolute Gasteiger partial charge is 0.193 e. The van der Waals surface area contributed by atoms with Crippen molar-refractivity contribution in [2.45, 2.75) is 38.8 Å². The number of hydrogen-bond acceptors (Lipinski definition) is 5. The van der Waals surface area contributed by atoms with Gasteiger partial charge in [0.25, 0.3) is 0 Å². The van der Waals surface area contributed by atoms with Crippen molar-refractivity contribution in [3.05, 3.63) is 40.2 Å². The highest BCUT2D eigenvalue weighted by Gasteiger charge is 2.25. The van der Waals surface area contributed by atoms with Gasteiger partial charge in [0.15, 0.2) is 5.96 Å². The Balaban J connectivity index is 0.00000261. The normalized spacial score (nSPS) is 16.6. The number of likely N-dealkylation sites (tertiary alicyclic amines) is 1. The first-order valence-corrected chi connectivity index (χ1v) is 10.2. The van der Waals surface area contributed by atoms with Crippen LogP contribution in [0.5, 0.6) is 0 Å². The highest BCUT2D eigenvalue weighted by molar-refractivity contribution is 14.0. The van der Waals surface area contributed by atoms with E-state index in [9.17, 15) is 0 Å². The van der Waals surface area contributed by atoms with E-state index in [4.69, 9.17) is 4.42 Å². The zero-order valence-corrected chi connectivity index (χ0v) is 19.5. The number of thiazole rings is 1. The second-order valence-electron chi connectivity index (χ2n) is 6.77. The van der Waals surface area contributed by atoms with Crippen LogP contribution in [0.25, 0.3) is 0 Å². The molecule has 0 aromatic carbocycles. The Morgan fingerprint density at radius 1 is 1.41 bits per heavy atom. The molecule has 2 aromatic heterocycles. The average Bonchev–Trinajstić information content (AvgIpc) is 3.31. The number of nitrogens with one attached hydrogen (secondary N) is 1. The van der Waals surface area contributed by atoms with Gasteiger partial charge < -0.3 is 14.6 Å². The molecule has 1 aliphatic rings. The van der Waals surface area contributed by atoms with Gasteiger partial charge in [0, 0.05) is 26.0 Å². The Labute approximate surface area is 183 Å². The largest absolute Gasteiger partial charge is 0.468 e. The maximum absolute atomic E-state index is 5.73. The molecule has 1 N–H and O–H groups in total. The van der Waals surface area contributed by atoms with Gasteiger partial charge in [-0.05, 0) is 45.0 Å². The molecule has 1 fully saturated rings. The molecule has 0 spiro atoms. The average molecular weight is 503 g/mol. The minimum absolute atomic E-state index is 0. The van der Waals surface area contributed by atoms with Crippen molar-refractivity contribution < 1.29 is 4.42 Å². The van der Waals surface area contributed by atoms with Gasteiger partial charge in [-0.2, -0.15) is 0 Å². The number of rotatable bonds is 6. The fraction of sp³-hybridized carbons (Fsp3) is 0.579. The molecule has 8 heteroatoms. The molecule has 0 bridgehead atoms. The zero-order valence-electron chi connectivity index (χ0n) is 16.4. The first kappa shape index (κ1) is 22.2. The molecule has 1 aliphatic heterocycles. The first-order chi connectivity index (χ1) is 12.7. The third-order valence-electron chi connectivity index (χ3n) is 4.80. The van der Waals surface area contributed by atoms with Crippen LogP contribution in [0.2, 0.25) is 0 Å². The van der Waals surface area contributed by atoms with Crippen LogP contribution in [0.1, 0.15) is 41.8 Å². The van der Waals surface area contributed by atoms with E-state index >= 15 is 0 Å². The predicted molar refractivity (Wildman–Crippen MR) is 122 cm³/mol. The lowest BCUT2D eigenvalue weighted by Gasteiger charge is -2.34. The van der Waals surface area contributed by atoms with Crippen molar-refractivity contribution in [2.75, 3.05) is 33.7 Å². The number of aromatic nitrogens is 1. The molecule has 1 saturated heterocycles. The second kappa shape index (κ2) is 11.0. The Morgan fingerprint density at radius 3 is 2.78 bits per heavy atom. The first-order valence-electron chi connectivity index (χ1n) is 9.27. The van der Waals surface area contributed by atoms with Gasteiger partial charge in [-0.3, -0.25) is 9.89 Å². The summed E-state index contributed by atoms with van der Waals surface area (Å²) in [5, 5.41) is 6.74. The van der Waals surface area contributed by atoms with Crippen LogP contribution in [0.3, 0.4) is 0 Å². The number of hydrogen-bond donors (Lipinski definition) is 1. The molecular weight excluding hydrogens is 473 g/mol. The lowest BCUT2D eigenvalue weighted by molar-refractivity contribution is 0.146. The molecule has 27 heavy (non-hydrogen) atoms. The fourth-order valence-corrected chi connectivity index (χ4v) is 4.10. The molecule has 3 heterocycles. The minimum Gasteiger partial charge on any atom is -0.468 e. The summed E-state index contributed by atoms with van der Waals surface area (Å²) in [7, 11) is 3.88. The van der Waals surface area contributed by atoms with Gasteiger partial charge in [-0.1, -0.05) is 6.42 Å². The number of halogens is 1. The van der Waals surface area contributed by atoms with Crippen molar-refractivity contribution in [1.29, 1.82) is 0 Å². The third kappa shape index (κ3) is 6.18. The molecule has 6 nitrogen and oxygen atoms in total. The summed E-state index contributed by atoms with van der Waals surface area (Å²) in [5.74, 6) is 1.90. The molecule has 2 aromatic rings. The zero-order chi connectivity index (χ0) is 18.4. The van der Waals surface area contributed by atoms with Crippen molar-refractivity contribution in [1.82, 2.24) is 20.1 Å². The molecule has 0 radical (unpaired) electrons. The summed E-state index contributed by atoms with van der Waals surface area (Å²) in [5.41, 5.74) is 1.08. The maximum atomic E-state index is 5.73. The van der Waals surface area contributed by atoms with Crippen LogP contribution in [0.4, 0.5) is 0 Å². The molecular formula is C19H30IN5OS. The van der Waals surface area contributed by atoms with Crippen LogP contribution in [0.15, 0.2) is 33.2 Å². The molecule has 0 aliphatic carbocycles. The van der Waals surface area contributed by atoms with Crippen LogP contribution in [-0.4, -0.2) is 54.5 Å². The van der Waals surface area contributed by atoms with Crippen molar-refractivity contribution in [3.8, 4) is 0 Å². The van der Waals surface area contributed by atoms with Gasteiger partial charge in [0.05, 0.1) is 29.6 Å². The summed E-state index contributed by atoms with van der Waals surface area (Å²) >= 11 is 1.68. The number of aliphatic imine (C=N–C) groups is 1. The second-order valence-corrected chi connectivity index (χ2v) is 7.83. The van der Waals surface area contributed by atoms with E-state index in [1.165, 1.54) is 19.3 Å². The van der Waals surface area contributed by atoms with Gasteiger partial charge in [0.1, 0.15) is 5.76 Å². The molecule has 0 amide bonds. The third-order valence-corrected chi connectivity index (χ3v) is 5.62. The van der Waals surface area contributed by atoms with Crippen LogP contribution >= 0.6 is 35.3 Å². The van der Waals surface area contributed by atoms with E-state index < -0.39 is 0 Å². The summed E-state index contributed by atoms with van der Waals surface area (Å²) in [4.78, 5) is 13.6. The van der Waals surface area contributed by atoms with E-state index in [0.29, 0.717) is 0 Å². The Morgan fingerprint density at radius 2 is 2.19 bits per heavy atom. The summed E-state index contributed by atoms with van der Waals surface area (Å²) < 4.78 is 5.73. The molecule has 3 rings (SSSR count). The van der Waals surface area contributed by atoms with Crippen molar-refractivity contribution >= 4 is 41.3 Å². The molecule has 1 atom stereocenters. The van der Waals surface area contributed by atoms with E-state index in [1.807, 2.05) is 27.1 Å². The van der Waals surface area contributed by atoms with Gasteiger partial charge >= 0.3 is 0 Å². The SMILES string of the molecule is CN=C(NCC(c1ccco1)N1CCCCC1)N(C)Cc1csc(C)n1.I. The van der Waals surface area contributed by atoms with Crippen molar-refractivity contribution in [2.24, 2.45) is 4.99 Å². The Kier molecular flexibility index (Phi) is 9.04. The van der Waals surface area contributed by atoms with E-state index in [2.05, 4.69) is 36.5 Å². The number of furan rings is 1. The lowest BCUT2D eigenvalue weighted by atomic mass is 10.1. The molecule has 1 unspecified atom stereocenters. The van der Waals surface area contributed by atoms with Crippen LogP contribution in [-0.2, 0) is 6.54 Å². The monoisotopic (exact) mass is 503 g/mol. The summed E-state index contributed by atoms with van der Waals surface area (Å²) in [6.07, 6.45) is 5.61. The summed E-state index contributed by atoms with van der Waals surface area (Å²) in [6, 6.07) is 4.28. The topological polar surface area (TPSA) is 56.9 Å². The maximum Gasteiger partial charge on any atom is 0.193 e. The lowest BCUT2D eigenvalue weighted by Crippen LogP contribution is -2.44. The number of piperidine rings is 1. The Hall–Kier alpha value is -1.13. The number of guanidine groups is 1. The van der Waals surface area contributed by atoms with E-state index in [0.717, 1.165) is 48.6 Å². The van der Waals surface area contributed by atoms with Gasteiger partial charge in [0.2, 0.25) is 0 Å². The van der Waals surface area contributed by atoms with Crippen LogP contribution < -0.4 is 5.32 Å². The van der Waals surface area contributed by atoms with Crippen molar-refractivity contribution in [3.63, 3.8) is 0 Å². The fourth-order valence-electron chi connectivity index (χ4n) is 3.49. The van der Waals surface area contributed by atoms with E-state index in [-0.39, 0.29) is 30.0 Å². The molecule has 150 valence electrons. The highest BCUT2D eigenvalue weighted by Crippen LogP contribution is 2.24. The minimum atomic E-state index is 0. The highest BCUT2D eigenvalue weighted by atomic mass is 127. The summed E-state index contributed by atoms with van der Waals surface area (Å²) in [6.45, 7) is 5.81. The van der Waals surface area contributed by atoms with Gasteiger partial charge in [-0.15, -0.1) is 35.3 Å². The van der Waals surface area contributed by atoms with Gasteiger partial charge in [-0.25, -0.2) is 4.98 Å². The number of nitrogens with zero attached hydrogens (tertiary/aromatic N) is 4.